The van der Waals surface area contributed by atoms with Crippen molar-refractivity contribution in [1.82, 2.24) is 5.32 Å². The van der Waals surface area contributed by atoms with Gasteiger partial charge >= 0.3 is 0 Å². The monoisotopic (exact) mass is 401 g/mol. The third-order valence-electron chi connectivity index (χ3n) is 2.70. The molecule has 0 unspecified atom stereocenters. The zero-order chi connectivity index (χ0) is 16.1. The third-order valence-corrected chi connectivity index (χ3v) is 4.63. The summed E-state index contributed by atoms with van der Waals surface area (Å²) in [6, 6.07) is 8.76. The fourth-order valence-electron chi connectivity index (χ4n) is 1.64. The first-order chi connectivity index (χ1) is 10.5. The molecular weight excluding hydrogens is 390 g/mol. The molecule has 0 saturated carbocycles. The van der Waals surface area contributed by atoms with Gasteiger partial charge in [0.1, 0.15) is 5.75 Å². The smallest absolute Gasteiger partial charge is 0.217 e. The lowest BCUT2D eigenvalue weighted by Gasteiger charge is -2.07. The Labute approximate surface area is 145 Å². The summed E-state index contributed by atoms with van der Waals surface area (Å²) in [4.78, 5) is 24.5. The highest BCUT2D eigenvalue weighted by Gasteiger charge is 2.12. The van der Waals surface area contributed by atoms with Crippen molar-refractivity contribution in [3.63, 3.8) is 0 Å². The number of ketones is 1. The maximum Gasteiger partial charge on any atom is 0.217 e. The van der Waals surface area contributed by atoms with Crippen molar-refractivity contribution in [3.05, 3.63) is 49.6 Å². The van der Waals surface area contributed by atoms with E-state index >= 15 is 0 Å². The zero-order valence-corrected chi connectivity index (χ0v) is 14.8. The highest BCUT2D eigenvalue weighted by atomic mass is 79.9. The number of carbonyl (C=O) groups excluding carboxylic acids is 2. The van der Waals surface area contributed by atoms with Crippen LogP contribution in [0.5, 0.6) is 5.75 Å². The van der Waals surface area contributed by atoms with Crippen LogP contribution in [0.3, 0.4) is 0 Å². The first-order valence-electron chi connectivity index (χ1n) is 6.40. The SMILES string of the molecule is CC(=O)NCc1ccc(C(=O)COc2cc(Br)ccc2Cl)s1. The standard InChI is InChI=1S/C15H13BrClNO3S/c1-9(19)18-7-11-3-5-15(22-11)13(20)8-21-14-6-10(16)2-4-12(14)17/h2-6H,7-8H2,1H3,(H,18,19). The Morgan fingerprint density at radius 2 is 2.09 bits per heavy atom. The minimum Gasteiger partial charge on any atom is -0.484 e. The molecule has 0 fully saturated rings. The number of carbonyl (C=O) groups is 2. The quantitative estimate of drug-likeness (QED) is 0.741. The van der Waals surface area contributed by atoms with Gasteiger partial charge in [-0.25, -0.2) is 0 Å². The number of benzene rings is 1. The van der Waals surface area contributed by atoms with Crippen molar-refractivity contribution >= 4 is 50.6 Å². The average Bonchev–Trinajstić information content (AvgIpc) is 2.94. The maximum atomic E-state index is 12.1. The summed E-state index contributed by atoms with van der Waals surface area (Å²) in [6.45, 7) is 1.79. The van der Waals surface area contributed by atoms with Gasteiger partial charge in [-0.05, 0) is 30.3 Å². The summed E-state index contributed by atoms with van der Waals surface area (Å²) in [7, 11) is 0. The summed E-state index contributed by atoms with van der Waals surface area (Å²) in [5.74, 6) is 0.225. The number of nitrogens with one attached hydrogen (secondary N) is 1. The molecule has 4 nitrogen and oxygen atoms in total. The normalized spacial score (nSPS) is 10.3. The van der Waals surface area contributed by atoms with Crippen LogP contribution in [0.4, 0.5) is 0 Å². The summed E-state index contributed by atoms with van der Waals surface area (Å²) in [6.07, 6.45) is 0. The lowest BCUT2D eigenvalue weighted by molar-refractivity contribution is -0.119. The van der Waals surface area contributed by atoms with E-state index in [1.54, 1.807) is 24.3 Å². The molecule has 0 bridgehead atoms. The summed E-state index contributed by atoms with van der Waals surface area (Å²) in [5, 5.41) is 3.14. The molecule has 2 rings (SSSR count). The van der Waals surface area contributed by atoms with Crippen LogP contribution in [-0.2, 0) is 11.3 Å². The van der Waals surface area contributed by atoms with Crippen LogP contribution >= 0.6 is 38.9 Å². The number of ether oxygens (including phenoxy) is 1. The van der Waals surface area contributed by atoms with E-state index in [0.29, 0.717) is 22.2 Å². The maximum absolute atomic E-state index is 12.1. The second-order valence-electron chi connectivity index (χ2n) is 4.46. The molecule has 1 aromatic heterocycles. The van der Waals surface area contributed by atoms with Crippen molar-refractivity contribution in [3.8, 4) is 5.75 Å². The highest BCUT2D eigenvalue weighted by molar-refractivity contribution is 9.10. The van der Waals surface area contributed by atoms with Crippen LogP contribution in [0.1, 0.15) is 21.5 Å². The van der Waals surface area contributed by atoms with Crippen molar-refractivity contribution < 1.29 is 14.3 Å². The molecule has 0 spiro atoms. The van der Waals surface area contributed by atoms with Gasteiger partial charge in [-0.15, -0.1) is 11.3 Å². The average molecular weight is 403 g/mol. The molecular formula is C15H13BrClNO3S. The predicted molar refractivity (Wildman–Crippen MR) is 90.8 cm³/mol. The van der Waals surface area contributed by atoms with Crippen molar-refractivity contribution in [2.24, 2.45) is 0 Å². The van der Waals surface area contributed by atoms with Crippen molar-refractivity contribution in [1.29, 1.82) is 0 Å². The Balaban J connectivity index is 1.95. The van der Waals surface area contributed by atoms with E-state index in [2.05, 4.69) is 21.2 Å². The Morgan fingerprint density at radius 1 is 1.32 bits per heavy atom. The van der Waals surface area contributed by atoms with E-state index in [1.807, 2.05) is 6.07 Å². The lowest BCUT2D eigenvalue weighted by atomic mass is 10.3. The molecule has 0 aliphatic heterocycles. The molecule has 7 heteroatoms. The molecule has 0 atom stereocenters. The largest absolute Gasteiger partial charge is 0.484 e. The van der Waals surface area contributed by atoms with Crippen LogP contribution in [0, 0.1) is 0 Å². The topological polar surface area (TPSA) is 55.4 Å². The molecule has 22 heavy (non-hydrogen) atoms. The summed E-state index contributed by atoms with van der Waals surface area (Å²) >= 11 is 10.7. The van der Waals surface area contributed by atoms with Gasteiger partial charge < -0.3 is 10.1 Å². The van der Waals surface area contributed by atoms with E-state index in [9.17, 15) is 9.59 Å². The number of halogens is 2. The number of amides is 1. The number of Topliss-reactive ketones (excluding diaryl/α,β-unsaturated/α-hetero) is 1. The van der Waals surface area contributed by atoms with Gasteiger partial charge in [-0.2, -0.15) is 0 Å². The van der Waals surface area contributed by atoms with Gasteiger partial charge in [-0.1, -0.05) is 27.5 Å². The lowest BCUT2D eigenvalue weighted by Crippen LogP contribution is -2.18. The van der Waals surface area contributed by atoms with E-state index in [4.69, 9.17) is 16.3 Å². The van der Waals surface area contributed by atoms with Crippen LogP contribution < -0.4 is 10.1 Å². The second kappa shape index (κ2) is 7.76. The molecule has 0 radical (unpaired) electrons. The van der Waals surface area contributed by atoms with Gasteiger partial charge in [-0.3, -0.25) is 9.59 Å². The van der Waals surface area contributed by atoms with Crippen LogP contribution in [0.2, 0.25) is 5.02 Å². The number of hydrogen-bond acceptors (Lipinski definition) is 4. The van der Waals surface area contributed by atoms with Gasteiger partial charge in [0.05, 0.1) is 16.4 Å². The van der Waals surface area contributed by atoms with Crippen molar-refractivity contribution in [2.75, 3.05) is 6.61 Å². The molecule has 0 aliphatic rings. The van der Waals surface area contributed by atoms with Crippen LogP contribution in [0.15, 0.2) is 34.8 Å². The molecule has 2 aromatic rings. The molecule has 116 valence electrons. The molecule has 1 amide bonds. The predicted octanol–water partition coefficient (Wildman–Crippen LogP) is 4.06. The summed E-state index contributed by atoms with van der Waals surface area (Å²) in [5.41, 5.74) is 0. The molecule has 1 N–H and O–H groups in total. The van der Waals surface area contributed by atoms with Crippen LogP contribution in [-0.4, -0.2) is 18.3 Å². The van der Waals surface area contributed by atoms with Crippen molar-refractivity contribution in [2.45, 2.75) is 13.5 Å². The molecule has 0 saturated heterocycles. The second-order valence-corrected chi connectivity index (χ2v) is 6.95. The van der Waals surface area contributed by atoms with Gasteiger partial charge in [0, 0.05) is 16.3 Å². The van der Waals surface area contributed by atoms with Crippen LogP contribution in [0.25, 0.3) is 0 Å². The molecule has 1 aromatic carbocycles. The van der Waals surface area contributed by atoms with Gasteiger partial charge in [0.25, 0.3) is 0 Å². The Hall–Kier alpha value is -1.37. The minimum atomic E-state index is -0.130. The Kier molecular flexibility index (Phi) is 5.99. The van der Waals surface area contributed by atoms with E-state index in [-0.39, 0.29) is 18.3 Å². The van der Waals surface area contributed by atoms with Gasteiger partial charge in [0.2, 0.25) is 11.7 Å². The number of thiophene rings is 1. The fraction of sp³-hybridized carbons (Fsp3) is 0.200. The Morgan fingerprint density at radius 3 is 2.82 bits per heavy atom. The highest BCUT2D eigenvalue weighted by Crippen LogP contribution is 2.28. The number of hydrogen-bond donors (Lipinski definition) is 1. The summed E-state index contributed by atoms with van der Waals surface area (Å²) < 4.78 is 6.29. The van der Waals surface area contributed by atoms with Gasteiger partial charge in [0.15, 0.2) is 6.61 Å². The first kappa shape index (κ1) is 17.0. The van der Waals surface area contributed by atoms with E-state index in [1.165, 1.54) is 18.3 Å². The van der Waals surface area contributed by atoms with E-state index in [0.717, 1.165) is 9.35 Å². The number of rotatable bonds is 6. The zero-order valence-electron chi connectivity index (χ0n) is 11.7. The van der Waals surface area contributed by atoms with E-state index < -0.39 is 0 Å². The first-order valence-corrected chi connectivity index (χ1v) is 8.38. The molecule has 0 aliphatic carbocycles. The minimum absolute atomic E-state index is 0.0870. The third kappa shape index (κ3) is 4.83. The molecule has 1 heterocycles. The fourth-order valence-corrected chi connectivity index (χ4v) is 3.02. The Bertz CT molecular complexity index is 702.